The van der Waals surface area contributed by atoms with Crippen molar-refractivity contribution in [1.82, 2.24) is 16.0 Å². The molecular formula is C74H135N3O30. The molecular weight excluding hydrogens is 1410 g/mol. The van der Waals surface area contributed by atoms with Gasteiger partial charge in [-0.25, -0.2) is 9.59 Å². The minimum Gasteiger partial charge on any atom is -0.477 e. The molecule has 3 amide bonds. The summed E-state index contributed by atoms with van der Waals surface area (Å²) in [6.07, 6.45) is -7.55. The maximum Gasteiger partial charge on any atom is 0.364 e. The molecule has 0 bridgehead atoms. The van der Waals surface area contributed by atoms with Gasteiger partial charge >= 0.3 is 11.9 Å². The average Bonchev–Trinajstić information content (AvgIpc) is 0.743. The third kappa shape index (κ3) is 31.7. The molecule has 4 aliphatic heterocycles. The van der Waals surface area contributed by atoms with Crippen molar-refractivity contribution in [2.24, 2.45) is 0 Å². The molecule has 0 saturated carbocycles. The van der Waals surface area contributed by atoms with E-state index in [4.69, 9.17) is 37.9 Å². The Labute approximate surface area is 629 Å². The SMILES string of the molecule is CCCCCCCCCCCCCCCCCCCCCC(=O)N[C@@H](CO[C@@H]1O[C@H](CO[C@]2(C(=O)O)C[C@H](O[C@]3(C(=O)O)C[C@H](O)[C@@H](NC(=O)CO[C@@H]4O[C@@H](C)[C@@H](O)[C@@H](O)[C@@H]4O)[C@H]([C@H](O)[C@H](O)CO)O3)[C@@H](NC(C)=O)[C@H]([C@H](O)[C@H](O)CO)O2)[C@@H](O)[C@H](O)[C@H]1O)[C@H](O)[C@H](O)CCCCCCCCCCCCCC. The van der Waals surface area contributed by atoms with Crippen LogP contribution in [0.25, 0.3) is 0 Å². The number of aliphatic carboxylic acids is 2. The first kappa shape index (κ1) is 95.8. The van der Waals surface area contributed by atoms with E-state index < -0.39 is 228 Å². The first-order valence-corrected chi connectivity index (χ1v) is 39.6. The summed E-state index contributed by atoms with van der Waals surface area (Å²) < 4.78 is 46.2. The van der Waals surface area contributed by atoms with Crippen molar-refractivity contribution in [3.05, 3.63) is 0 Å². The summed E-state index contributed by atoms with van der Waals surface area (Å²) in [5, 5.41) is 194. The first-order valence-electron chi connectivity index (χ1n) is 39.6. The minimum atomic E-state index is -3.40. The Balaban J connectivity index is 1.52. The molecule has 107 heavy (non-hydrogen) atoms. The molecule has 33 heteroatoms. The lowest BCUT2D eigenvalue weighted by atomic mass is 9.86. The van der Waals surface area contributed by atoms with Crippen LogP contribution in [-0.4, -0.2) is 302 Å². The van der Waals surface area contributed by atoms with Crippen LogP contribution in [-0.2, 0) is 61.9 Å². The third-order valence-electron chi connectivity index (χ3n) is 20.9. The molecule has 0 radical (unpaired) electrons. The fourth-order valence-corrected chi connectivity index (χ4v) is 14.3. The van der Waals surface area contributed by atoms with E-state index >= 15 is 0 Å². The molecule has 0 aromatic carbocycles. The molecule has 4 fully saturated rings. The van der Waals surface area contributed by atoms with Gasteiger partial charge in [-0.15, -0.1) is 0 Å². The van der Waals surface area contributed by atoms with Gasteiger partial charge in [0.2, 0.25) is 17.7 Å². The second kappa shape index (κ2) is 51.2. The number of aliphatic hydroxyl groups excluding tert-OH is 15. The molecule has 4 heterocycles. The number of nitrogens with one attached hydrogen (secondary N) is 3. The molecule has 20 N–H and O–H groups in total. The van der Waals surface area contributed by atoms with E-state index in [9.17, 15) is 111 Å². The highest BCUT2D eigenvalue weighted by atomic mass is 16.8. The number of amides is 3. The number of aliphatic hydroxyl groups is 15. The predicted molar refractivity (Wildman–Crippen MR) is 383 cm³/mol. The Kier molecular flexibility index (Phi) is 45.9. The summed E-state index contributed by atoms with van der Waals surface area (Å²) in [6.45, 7) is 1.18. The number of rotatable bonds is 57. The Morgan fingerprint density at radius 1 is 0.486 bits per heavy atom. The van der Waals surface area contributed by atoms with Gasteiger partial charge in [-0.05, 0) is 19.8 Å². The highest BCUT2D eigenvalue weighted by molar-refractivity contribution is 5.79. The summed E-state index contributed by atoms with van der Waals surface area (Å²) in [5.74, 6) is -13.7. The molecule has 4 aliphatic rings. The molecule has 0 aliphatic carbocycles. The van der Waals surface area contributed by atoms with Crippen molar-refractivity contribution in [2.45, 2.75) is 405 Å². The summed E-state index contributed by atoms with van der Waals surface area (Å²) >= 11 is 0. The highest BCUT2D eigenvalue weighted by Crippen LogP contribution is 2.42. The predicted octanol–water partition coefficient (Wildman–Crippen LogP) is 1.09. The van der Waals surface area contributed by atoms with Crippen LogP contribution in [0.1, 0.15) is 252 Å². The lowest BCUT2D eigenvalue weighted by molar-refractivity contribution is -0.365. The van der Waals surface area contributed by atoms with Crippen LogP contribution in [0.15, 0.2) is 0 Å². The highest BCUT2D eigenvalue weighted by Gasteiger charge is 2.63. The zero-order valence-corrected chi connectivity index (χ0v) is 63.5. The van der Waals surface area contributed by atoms with E-state index in [-0.39, 0.29) is 12.8 Å². The fourth-order valence-electron chi connectivity index (χ4n) is 14.3. The third-order valence-corrected chi connectivity index (χ3v) is 20.9. The van der Waals surface area contributed by atoms with Gasteiger partial charge in [0.1, 0.15) is 92.1 Å². The molecule has 0 spiro atoms. The minimum absolute atomic E-state index is 0.0547. The van der Waals surface area contributed by atoms with Crippen LogP contribution >= 0.6 is 0 Å². The molecule has 0 aromatic heterocycles. The molecule has 4 saturated heterocycles. The zero-order chi connectivity index (χ0) is 79.2. The van der Waals surface area contributed by atoms with Crippen molar-refractivity contribution >= 4 is 29.7 Å². The maximum absolute atomic E-state index is 13.8. The van der Waals surface area contributed by atoms with Crippen molar-refractivity contribution in [2.75, 3.05) is 33.0 Å². The molecule has 626 valence electrons. The number of carbonyl (C=O) groups excluding carboxylic acids is 3. The van der Waals surface area contributed by atoms with Crippen molar-refractivity contribution < 1.29 is 149 Å². The largest absolute Gasteiger partial charge is 0.477 e. The fraction of sp³-hybridized carbons (Fsp3) is 0.932. The van der Waals surface area contributed by atoms with Crippen LogP contribution in [0, 0.1) is 0 Å². The number of unbranched alkanes of at least 4 members (excludes halogenated alkanes) is 29. The maximum atomic E-state index is 13.8. The van der Waals surface area contributed by atoms with Gasteiger partial charge in [0.05, 0.1) is 69.0 Å². The average molecular weight is 1550 g/mol. The van der Waals surface area contributed by atoms with Crippen LogP contribution in [0.2, 0.25) is 0 Å². The van der Waals surface area contributed by atoms with E-state index in [1.54, 1.807) is 0 Å². The molecule has 0 aromatic rings. The monoisotopic (exact) mass is 1550 g/mol. The van der Waals surface area contributed by atoms with Gasteiger partial charge in [0.25, 0.3) is 11.6 Å². The van der Waals surface area contributed by atoms with E-state index in [1.807, 2.05) is 0 Å². The Morgan fingerprint density at radius 2 is 0.916 bits per heavy atom. The summed E-state index contributed by atoms with van der Waals surface area (Å²) in [6, 6.07) is -5.36. The van der Waals surface area contributed by atoms with Crippen LogP contribution in [0.3, 0.4) is 0 Å². The number of ether oxygens (including phenoxy) is 8. The standard InChI is InChI=1S/C74H135N3O30/c1-5-7-9-11-13-15-17-19-20-21-22-23-24-25-27-29-31-33-35-37-54(85)76-47(59(88)48(81)36-34-32-30-28-26-18-16-14-12-10-8-6-2)42-100-70-66(95)64(93)62(91)53(104-70)43-102-73(71(96)97)39-52(57(75-46(4)80)68(106-73)61(90)51(84)41-79)105-74(72(98)99)38-49(82)56(67(107-74)60(89)50(83)40-78)77-55(86)44-101-69-65(94)63(92)58(87)45(3)103-69/h45,47-53,56-70,78-79,81-84,87-95H,5-44H2,1-4H3,(H,75,80)(H,76,85)(H,77,86)(H,96,97)(H,98,99)/t45-,47-,48+,49-,50+,51+,52-,53+,56+,57+,58+,59-,60+,61+,62+,63+,64-,65-,66+,67+,68+,69+,70+,73+,74+/m0/s1. The first-order chi connectivity index (χ1) is 51.0. The van der Waals surface area contributed by atoms with E-state index in [1.165, 1.54) is 129 Å². The van der Waals surface area contributed by atoms with Gasteiger partial charge < -0.3 is 141 Å². The lowest BCUT2D eigenvalue weighted by Gasteiger charge is -2.52. The number of carboxylic acid groups (broad SMARTS) is 2. The smallest absolute Gasteiger partial charge is 0.364 e. The summed E-state index contributed by atoms with van der Waals surface area (Å²) in [4.78, 5) is 67.6. The van der Waals surface area contributed by atoms with E-state index in [0.717, 1.165) is 71.1 Å². The van der Waals surface area contributed by atoms with Crippen LogP contribution in [0.5, 0.6) is 0 Å². The molecule has 0 unspecified atom stereocenters. The molecule has 33 nitrogen and oxygen atoms in total. The summed E-state index contributed by atoms with van der Waals surface area (Å²) in [7, 11) is 0. The Hall–Kier alpha value is -3.57. The van der Waals surface area contributed by atoms with Gasteiger partial charge in [-0.3, -0.25) is 14.4 Å². The normalized spacial score (nSPS) is 31.1. The Bertz CT molecular complexity index is 2470. The number of hydrogen-bond acceptors (Lipinski definition) is 28. The van der Waals surface area contributed by atoms with Gasteiger partial charge in [0, 0.05) is 26.2 Å². The number of hydrogen-bond donors (Lipinski definition) is 20. The number of carboxylic acids is 2. The molecule has 4 rings (SSSR count). The van der Waals surface area contributed by atoms with Gasteiger partial charge in [-0.2, -0.15) is 0 Å². The van der Waals surface area contributed by atoms with E-state index in [0.29, 0.717) is 12.8 Å². The van der Waals surface area contributed by atoms with Crippen LogP contribution in [0.4, 0.5) is 0 Å². The topological polar surface area (TPSA) is 539 Å². The quantitative estimate of drug-likeness (QED) is 0.0379. The van der Waals surface area contributed by atoms with E-state index in [2.05, 4.69) is 29.8 Å². The van der Waals surface area contributed by atoms with Crippen molar-refractivity contribution in [1.29, 1.82) is 0 Å². The second-order valence-corrected chi connectivity index (χ2v) is 29.9. The Morgan fingerprint density at radius 3 is 1.37 bits per heavy atom. The van der Waals surface area contributed by atoms with Crippen molar-refractivity contribution in [3.63, 3.8) is 0 Å². The lowest BCUT2D eigenvalue weighted by Crippen LogP contribution is -2.72. The number of carbonyl (C=O) groups is 5. The van der Waals surface area contributed by atoms with Gasteiger partial charge in [-0.1, -0.05) is 206 Å². The molecule has 25 atom stereocenters. The second-order valence-electron chi connectivity index (χ2n) is 29.9. The summed E-state index contributed by atoms with van der Waals surface area (Å²) in [5.41, 5.74) is 0. The van der Waals surface area contributed by atoms with Gasteiger partial charge in [0.15, 0.2) is 12.6 Å². The van der Waals surface area contributed by atoms with Crippen LogP contribution < -0.4 is 16.0 Å². The van der Waals surface area contributed by atoms with Crippen molar-refractivity contribution in [3.8, 4) is 0 Å². The zero-order valence-electron chi connectivity index (χ0n) is 63.5.